The van der Waals surface area contributed by atoms with E-state index in [2.05, 4.69) is 0 Å². The summed E-state index contributed by atoms with van der Waals surface area (Å²) in [7, 11) is 0. The van der Waals surface area contributed by atoms with E-state index in [9.17, 15) is 0 Å². The zero-order valence-electron chi connectivity index (χ0n) is 10.3. The van der Waals surface area contributed by atoms with E-state index in [1.54, 1.807) is 0 Å². The molecule has 0 amide bonds. The third-order valence-electron chi connectivity index (χ3n) is 0. The molecule has 0 aliphatic heterocycles. The molecule has 0 fully saturated rings. The van der Waals surface area contributed by atoms with Gasteiger partial charge in [0.05, 0.1) is 0 Å². The predicted octanol–water partition coefficient (Wildman–Crippen LogP) is -1.88. The van der Waals surface area contributed by atoms with Gasteiger partial charge in [0, 0.05) is 0 Å². The molecule has 0 saturated heterocycles. The van der Waals surface area contributed by atoms with Crippen LogP contribution in [0.4, 0.5) is 24.0 Å². The molecule has 17 heteroatoms. The molecule has 22 heavy (non-hydrogen) atoms. The minimum Gasteiger partial charge on any atom is -0.565 e. The van der Waals surface area contributed by atoms with Crippen molar-refractivity contribution in [2.75, 3.05) is 0 Å². The van der Waals surface area contributed by atoms with Crippen molar-refractivity contribution in [1.82, 2.24) is 0 Å². The van der Waals surface area contributed by atoms with Crippen LogP contribution >= 0.6 is 9.90 Å². The van der Waals surface area contributed by atoms with Crippen LogP contribution in [0, 0.1) is 0 Å². The molecule has 0 saturated carbocycles. The summed E-state index contributed by atoms with van der Waals surface area (Å²) in [5, 5.41) is 72.4. The standard InChI is InChI=1S/5CH2O3.Ca.H3P/c5*2-1(3)4;;/h5*(H2,2,3,4);;1H3/q;;;;;+2;/p-2. The molecule has 0 heterocycles. The zero-order valence-corrected chi connectivity index (χ0v) is 14.0. The largest absolute Gasteiger partial charge is 2.00 e. The van der Waals surface area contributed by atoms with Gasteiger partial charge < -0.3 is 60.7 Å². The van der Waals surface area contributed by atoms with Crippen LogP contribution in [0.1, 0.15) is 0 Å². The molecule has 0 rings (SSSR count). The maximum atomic E-state index is 8.56. The van der Waals surface area contributed by atoms with Crippen molar-refractivity contribution in [1.29, 1.82) is 0 Å². The van der Waals surface area contributed by atoms with Gasteiger partial charge in [-0.1, -0.05) is 0 Å². The van der Waals surface area contributed by atoms with Gasteiger partial charge in [0.15, 0.2) is 0 Å². The molecule has 0 aliphatic rings. The second-order valence-corrected chi connectivity index (χ2v) is 1.38. The maximum absolute atomic E-state index is 8.56. The van der Waals surface area contributed by atoms with Gasteiger partial charge in [-0.25, -0.2) is 14.4 Å². The van der Waals surface area contributed by atoms with Crippen molar-refractivity contribution in [2.24, 2.45) is 0 Å². The van der Waals surface area contributed by atoms with E-state index < -0.39 is 30.8 Å². The van der Waals surface area contributed by atoms with Gasteiger partial charge in [0.1, 0.15) is 0 Å². The number of hydrogen-bond donors (Lipinski definition) is 8. The Balaban J connectivity index is -0.0000000250. The Hall–Kier alpha value is -1.96. The van der Waals surface area contributed by atoms with Gasteiger partial charge in [0.25, 0.3) is 0 Å². The first-order chi connectivity index (χ1) is 8.66. The molecule has 0 radical (unpaired) electrons. The number of carbonyl (C=O) groups is 5. The first-order valence-electron chi connectivity index (χ1n) is 3.22. The quantitative estimate of drug-likeness (QED) is 0.168. The van der Waals surface area contributed by atoms with Crippen molar-refractivity contribution in [3.63, 3.8) is 0 Å². The summed E-state index contributed by atoms with van der Waals surface area (Å²) in [5.41, 5.74) is 0. The topological polar surface area (TPSA) is 293 Å². The molecular weight excluding hydrogens is 371 g/mol. The predicted molar refractivity (Wildman–Crippen MR) is 64.9 cm³/mol. The second-order valence-electron chi connectivity index (χ2n) is 1.38. The molecule has 1 unspecified atom stereocenters. The van der Waals surface area contributed by atoms with E-state index in [-0.39, 0.29) is 47.6 Å². The normalized spacial score (nSPS) is 5.45. The summed E-state index contributed by atoms with van der Waals surface area (Å²) in [4.78, 5) is 42.6. The van der Waals surface area contributed by atoms with Gasteiger partial charge in [0.2, 0.25) is 12.3 Å². The third kappa shape index (κ3) is 1360. The molecule has 0 bridgehead atoms. The Labute approximate surface area is 153 Å². The van der Waals surface area contributed by atoms with Crippen molar-refractivity contribution in [3.8, 4) is 0 Å². The number of hydrogen-bond acceptors (Lipinski definition) is 7. The fourth-order valence-electron chi connectivity index (χ4n) is 0. The molecule has 128 valence electrons. The van der Waals surface area contributed by atoms with Crippen molar-refractivity contribution >= 4 is 78.4 Å². The fraction of sp³-hybridized carbons (Fsp3) is 0. The third-order valence-corrected chi connectivity index (χ3v) is 0. The van der Waals surface area contributed by atoms with Crippen LogP contribution in [0.2, 0.25) is 0 Å². The van der Waals surface area contributed by atoms with E-state index in [0.717, 1.165) is 0 Å². The molecule has 8 N–H and O–H groups in total. The first kappa shape index (κ1) is 42.7. The van der Waals surface area contributed by atoms with Crippen LogP contribution in [0.3, 0.4) is 0 Å². The summed E-state index contributed by atoms with van der Waals surface area (Å²) < 4.78 is 0. The minimum absolute atomic E-state index is 0. The van der Waals surface area contributed by atoms with Crippen molar-refractivity contribution in [2.45, 2.75) is 0 Å². The fourth-order valence-corrected chi connectivity index (χ4v) is 0. The molecule has 0 aromatic rings. The Bertz CT molecular complexity index is 213. The smallest absolute Gasteiger partial charge is 0.565 e. The Morgan fingerprint density at radius 2 is 0.500 bits per heavy atom. The summed E-state index contributed by atoms with van der Waals surface area (Å²) in [5.74, 6) is 0. The van der Waals surface area contributed by atoms with Crippen molar-refractivity contribution < 1.29 is 75.0 Å². The maximum Gasteiger partial charge on any atom is 2.00 e. The van der Waals surface area contributed by atoms with Crippen LogP contribution in [0.5, 0.6) is 0 Å². The van der Waals surface area contributed by atoms with E-state index in [1.165, 1.54) is 0 Å². The monoisotopic (exact) mass is 382 g/mol. The van der Waals surface area contributed by atoms with Gasteiger partial charge in [-0.15, -0.1) is 0 Å². The molecule has 0 spiro atoms. The van der Waals surface area contributed by atoms with Crippen LogP contribution in [0.25, 0.3) is 0 Å². The summed E-state index contributed by atoms with van der Waals surface area (Å²) >= 11 is 0. The van der Waals surface area contributed by atoms with Gasteiger partial charge in [-0.3, -0.25) is 0 Å². The van der Waals surface area contributed by atoms with Gasteiger partial charge >= 0.3 is 56.2 Å². The molecular formula is C5H11CaO15P. The first-order valence-corrected chi connectivity index (χ1v) is 3.22. The van der Waals surface area contributed by atoms with Crippen LogP contribution in [0.15, 0.2) is 0 Å². The van der Waals surface area contributed by atoms with Crippen LogP contribution in [-0.2, 0) is 0 Å². The molecule has 1 atom stereocenters. The minimum atomic E-state index is -2.08. The zero-order chi connectivity index (χ0) is 17.9. The van der Waals surface area contributed by atoms with Crippen LogP contribution < -0.4 is 10.2 Å². The molecule has 0 aromatic heterocycles. The SMILES string of the molecule is O=C(O)O.O=C(O)O.O=C(O)O.O=C([O-])O.O=C([O-])O.P.[Ca+2]. The van der Waals surface area contributed by atoms with E-state index >= 15 is 0 Å². The van der Waals surface area contributed by atoms with E-state index in [0.29, 0.717) is 0 Å². The second kappa shape index (κ2) is 36.4. The van der Waals surface area contributed by atoms with E-state index in [1.807, 2.05) is 0 Å². The molecule has 15 nitrogen and oxygen atoms in total. The summed E-state index contributed by atoms with van der Waals surface area (Å²) in [6.07, 6.45) is -9.67. The van der Waals surface area contributed by atoms with Gasteiger partial charge in [-0.05, 0) is 0 Å². The average Bonchev–Trinajstić information content (AvgIpc) is 1.94. The molecule has 0 aliphatic carbocycles. The van der Waals surface area contributed by atoms with Crippen molar-refractivity contribution in [3.05, 3.63) is 0 Å². The number of carboxylic acid groups (broad SMARTS) is 10. The summed E-state index contributed by atoms with van der Waals surface area (Å²) in [6.45, 7) is 0. The summed E-state index contributed by atoms with van der Waals surface area (Å²) in [6, 6.07) is 0. The molecule has 0 aromatic carbocycles. The average molecular weight is 382 g/mol. The Kier molecular flexibility index (Phi) is 70.8. The number of rotatable bonds is 0. The van der Waals surface area contributed by atoms with Crippen LogP contribution in [-0.4, -0.2) is 109 Å². The Morgan fingerprint density at radius 1 is 0.500 bits per heavy atom. The van der Waals surface area contributed by atoms with Gasteiger partial charge in [-0.2, -0.15) is 9.90 Å². The van der Waals surface area contributed by atoms with E-state index in [4.69, 9.17) is 75.0 Å². The Morgan fingerprint density at radius 3 is 0.500 bits per heavy atom.